The fourth-order valence-corrected chi connectivity index (χ4v) is 27.4. The summed E-state index contributed by atoms with van der Waals surface area (Å²) in [7, 11) is 0. The van der Waals surface area contributed by atoms with Gasteiger partial charge in [-0.05, 0) is 366 Å². The first-order valence-electron chi connectivity index (χ1n) is 54.4. The maximum Gasteiger partial charge on any atom is 0.252 e. The van der Waals surface area contributed by atoms with E-state index in [1.807, 2.05) is 0 Å². The quantitative estimate of drug-likeness (QED) is 0.100. The molecule has 6 aliphatic heterocycles. The Labute approximate surface area is 868 Å². The van der Waals surface area contributed by atoms with Crippen molar-refractivity contribution in [2.45, 2.75) is 304 Å². The number of fused-ring (bicyclic) bond motifs is 14. The summed E-state index contributed by atoms with van der Waals surface area (Å²) in [6.45, 7) is 62.5. The van der Waals surface area contributed by atoms with Crippen LogP contribution in [-0.2, 0) is 48.7 Å². The van der Waals surface area contributed by atoms with E-state index in [9.17, 15) is 0 Å². The van der Waals surface area contributed by atoms with Gasteiger partial charge in [-0.15, -0.1) is 0 Å². The normalized spacial score (nSPS) is 19.4. The van der Waals surface area contributed by atoms with Gasteiger partial charge in [-0.1, -0.05) is 347 Å². The Morgan fingerprint density at radius 1 is 0.241 bits per heavy atom. The summed E-state index contributed by atoms with van der Waals surface area (Å²) in [6, 6.07) is 121. The van der Waals surface area contributed by atoms with E-state index in [0.29, 0.717) is 0 Å². The molecule has 732 valence electrons. The Bertz CT molecular complexity index is 7720. The van der Waals surface area contributed by atoms with Crippen molar-refractivity contribution in [3.63, 3.8) is 0 Å². The molecule has 6 heterocycles. The van der Waals surface area contributed by atoms with Gasteiger partial charge in [0.25, 0.3) is 13.4 Å². The number of hydrogen-bond donors (Lipinski definition) is 0. The van der Waals surface area contributed by atoms with Crippen LogP contribution in [0.2, 0.25) is 0 Å². The van der Waals surface area contributed by atoms with Gasteiger partial charge in [0.15, 0.2) is 0 Å². The zero-order valence-electron chi connectivity index (χ0n) is 91.3. The third-order valence-electron chi connectivity index (χ3n) is 36.7. The molecule has 145 heavy (non-hydrogen) atoms. The molecule has 0 N–H and O–H groups in total. The number of rotatable bonds is 14. The highest BCUT2D eigenvalue weighted by Crippen LogP contribution is 2.65. The largest absolute Gasteiger partial charge is 0.334 e. The molecule has 4 unspecified atom stereocenters. The van der Waals surface area contributed by atoms with E-state index >= 15 is 0 Å². The number of aryl methyl sites for hydroxylation is 3. The Morgan fingerprint density at radius 3 is 0.979 bits per heavy atom. The minimum Gasteiger partial charge on any atom is -0.334 e. The van der Waals surface area contributed by atoms with Gasteiger partial charge in [-0.25, -0.2) is 0 Å². The molecule has 0 radical (unpaired) electrons. The van der Waals surface area contributed by atoms with Crippen LogP contribution in [0.25, 0.3) is 33.4 Å². The maximum atomic E-state index is 2.82. The molecule has 2 saturated carbocycles. The summed E-state index contributed by atoms with van der Waals surface area (Å²) in [4.78, 5) is 16.2. The van der Waals surface area contributed by atoms with E-state index in [-0.39, 0.29) is 73.2 Å². The van der Waals surface area contributed by atoms with Gasteiger partial charge in [0.05, 0.1) is 16.8 Å². The van der Waals surface area contributed by atoms with Crippen LogP contribution in [-0.4, -0.2) is 24.5 Å². The smallest absolute Gasteiger partial charge is 0.252 e. The Kier molecular flexibility index (Phi) is 22.2. The van der Waals surface area contributed by atoms with Crippen molar-refractivity contribution >= 4 is 137 Å². The third-order valence-corrected chi connectivity index (χ3v) is 36.7. The fraction of sp³-hybridized carbons (Fsp3) is 0.343. The predicted octanol–water partition coefficient (Wildman–Crippen LogP) is 33.8. The van der Waals surface area contributed by atoms with Crippen LogP contribution < -0.4 is 62.2 Å². The lowest BCUT2D eigenvalue weighted by atomic mass is 9.33. The van der Waals surface area contributed by atoms with E-state index in [0.717, 1.165) is 38.5 Å². The molecule has 0 spiro atoms. The molecule has 4 atom stereocenters. The molecule has 2 aliphatic carbocycles. The van der Waals surface area contributed by atoms with Crippen LogP contribution >= 0.6 is 0 Å². The lowest BCUT2D eigenvalue weighted by molar-refractivity contribution is 0.195. The molecule has 0 aromatic heterocycles. The predicted molar refractivity (Wildman–Crippen MR) is 626 cm³/mol. The van der Waals surface area contributed by atoms with E-state index in [2.05, 4.69) is 513 Å². The van der Waals surface area contributed by atoms with Gasteiger partial charge in [0.1, 0.15) is 0 Å². The average Bonchev–Trinajstić information content (AvgIpc) is 1.68. The number of anilines is 16. The van der Waals surface area contributed by atoms with Gasteiger partial charge in [-0.3, -0.25) is 0 Å². The van der Waals surface area contributed by atoms with Gasteiger partial charge >= 0.3 is 0 Å². The second-order valence-electron chi connectivity index (χ2n) is 52.1. The van der Waals surface area contributed by atoms with E-state index in [1.54, 1.807) is 0 Å². The number of hydrogen-bond acceptors (Lipinski definition) is 6. The molecule has 8 heteroatoms. The Hall–Kier alpha value is -12.8. The van der Waals surface area contributed by atoms with Crippen molar-refractivity contribution in [1.29, 1.82) is 0 Å². The van der Waals surface area contributed by atoms with Crippen molar-refractivity contribution < 1.29 is 0 Å². The Balaban J connectivity index is 0.578. The van der Waals surface area contributed by atoms with Crippen molar-refractivity contribution in [1.82, 2.24) is 0 Å². The van der Waals surface area contributed by atoms with Crippen molar-refractivity contribution in [3.8, 4) is 33.4 Å². The van der Waals surface area contributed by atoms with Gasteiger partial charge in [0, 0.05) is 102 Å². The third kappa shape index (κ3) is 15.3. The SMILES string of the molecule is Cc1cc2c3c(c1)N(c1ccc(C(C)(C)C)cc1C)c1ccc(C(C)(C)C)cc1B3c1ccc(N3c4ccc(-c5ccccc5)cc4C4(C)CCCCC34C)cc1N2c1ccc(C(C)(C)CCC(C)(C)c2ccc(-c3ccc4c(c3)C3(C)CCCCC3(C)N4c3ccc4c(c3)N(c3ccc(C(C)(C)C)cc3)c3cc(C)cc5c3B4c3cc(C(C)(C)C)ccc3N5c3ccc(C(C)(C)C)cc3-c3ccccc3)cc2)cc1. The van der Waals surface area contributed by atoms with Crippen LogP contribution in [0.4, 0.5) is 91.0 Å². The molecular formula is C137H148B2N6. The molecule has 0 bridgehead atoms. The molecule has 6 nitrogen and oxygen atoms in total. The first kappa shape index (κ1) is 95.7. The summed E-state index contributed by atoms with van der Waals surface area (Å²) in [5, 5.41) is 0. The van der Waals surface area contributed by atoms with E-state index in [1.165, 1.54) is 250 Å². The molecule has 23 rings (SSSR count). The van der Waals surface area contributed by atoms with Crippen molar-refractivity contribution in [2.75, 3.05) is 29.4 Å². The topological polar surface area (TPSA) is 19.4 Å². The van der Waals surface area contributed by atoms with E-state index in [4.69, 9.17) is 0 Å². The van der Waals surface area contributed by atoms with Crippen LogP contribution in [0.5, 0.6) is 0 Å². The highest BCUT2D eigenvalue weighted by atomic mass is 15.3. The van der Waals surface area contributed by atoms with Crippen LogP contribution in [0, 0.1) is 20.8 Å². The molecule has 15 aromatic rings. The second kappa shape index (κ2) is 33.6. The van der Waals surface area contributed by atoms with Crippen LogP contribution in [0.1, 0.15) is 290 Å². The van der Waals surface area contributed by atoms with Gasteiger partial charge < -0.3 is 29.4 Å². The Morgan fingerprint density at radius 2 is 0.566 bits per heavy atom. The standard InChI is InChI=1S/C137H148B2N6/c1-87-75-121-125-123(77-87)142(113-65-51-98(79-89(113)3)128(7,8)9)117-67-53-100(130(13,14)15)83-111(117)138(125)109-61-59-105(144-115-63-43-93(90-37-29-27-30-38-90)80-107(115)134(23)69-33-35-71-136(134,144)25)86-120(109)141(121)103-57-49-97(50-58-103)133(21,22)74-73-132(19,20)96-45-41-91(42-46-96)94-44-64-116-108(81-94)135(24)70-34-36-72-137(135,26)145(116)104-60-62-110-119(85-104)140(102-55-47-95(48-56-102)127(4,5)6)122-76-88(2)78-124-126(122)139(110)112-84-101(131(16,17)18)54-68-118(112)143(124)114-66-52-99(129(10,11)12)82-106(114)92-39-31-28-32-40-92/h27-32,37-68,75-86H,33-36,69-74H2,1-26H3. The molecule has 15 aromatic carbocycles. The summed E-state index contributed by atoms with van der Waals surface area (Å²) >= 11 is 0. The van der Waals surface area contributed by atoms with Crippen LogP contribution in [0.15, 0.2) is 303 Å². The second-order valence-corrected chi connectivity index (χ2v) is 52.1. The summed E-state index contributed by atoms with van der Waals surface area (Å²) in [5.41, 5.74) is 50.7. The minimum absolute atomic E-state index is 0.00729. The zero-order chi connectivity index (χ0) is 102. The summed E-state index contributed by atoms with van der Waals surface area (Å²) in [6.07, 6.45) is 11.4. The van der Waals surface area contributed by atoms with Crippen molar-refractivity contribution in [3.05, 3.63) is 370 Å². The highest BCUT2D eigenvalue weighted by molar-refractivity contribution is 7.01. The lowest BCUT2D eigenvalue weighted by Crippen LogP contribution is -2.61. The molecule has 2 fully saturated rings. The minimum atomic E-state index is -0.199. The van der Waals surface area contributed by atoms with Crippen LogP contribution in [0.3, 0.4) is 0 Å². The zero-order valence-corrected chi connectivity index (χ0v) is 91.3. The number of nitrogens with zero attached hydrogens (tertiary/aromatic N) is 6. The monoisotopic (exact) mass is 1900 g/mol. The molecule has 8 aliphatic rings. The lowest BCUT2D eigenvalue weighted by Gasteiger charge is -2.50. The first-order chi connectivity index (χ1) is 68.7. The molecule has 0 amide bonds. The van der Waals surface area contributed by atoms with Gasteiger partial charge in [-0.2, -0.15) is 0 Å². The first-order valence-corrected chi connectivity index (χ1v) is 54.4. The van der Waals surface area contributed by atoms with E-state index < -0.39 is 0 Å². The summed E-state index contributed by atoms with van der Waals surface area (Å²) < 4.78 is 0. The molecule has 0 saturated heterocycles. The maximum absolute atomic E-state index is 2.82. The highest BCUT2D eigenvalue weighted by Gasteiger charge is 2.61. The summed E-state index contributed by atoms with van der Waals surface area (Å²) in [5.74, 6) is 0. The number of benzene rings is 15. The molecular weight excluding hydrogens is 1750 g/mol. The fourth-order valence-electron chi connectivity index (χ4n) is 27.4. The van der Waals surface area contributed by atoms with Gasteiger partial charge in [0.2, 0.25) is 0 Å². The average molecular weight is 1900 g/mol. The van der Waals surface area contributed by atoms with Crippen molar-refractivity contribution in [2.24, 2.45) is 0 Å².